The number of furan rings is 1. The van der Waals surface area contributed by atoms with Gasteiger partial charge in [0.1, 0.15) is 5.76 Å². The van der Waals surface area contributed by atoms with Gasteiger partial charge in [-0.15, -0.1) is 0 Å². The van der Waals surface area contributed by atoms with E-state index in [0.29, 0.717) is 5.56 Å². The highest BCUT2D eigenvalue weighted by Crippen LogP contribution is 2.30. The van der Waals surface area contributed by atoms with Gasteiger partial charge in [0.2, 0.25) is 0 Å². The van der Waals surface area contributed by atoms with Gasteiger partial charge in [-0.05, 0) is 61.5 Å². The molecule has 8 heteroatoms. The molecule has 2 N–H and O–H groups in total. The van der Waals surface area contributed by atoms with E-state index in [1.807, 2.05) is 32.0 Å². The molecule has 1 heterocycles. The molecule has 0 aliphatic rings. The smallest absolute Gasteiger partial charge is 0.293 e. The van der Waals surface area contributed by atoms with Crippen LogP contribution in [0.4, 0.5) is 11.4 Å². The first kappa shape index (κ1) is 19.2. The molecule has 0 aliphatic heterocycles. The summed E-state index contributed by atoms with van der Waals surface area (Å²) in [5.41, 5.74) is 3.11. The minimum absolute atomic E-state index is 0.00161. The zero-order valence-electron chi connectivity index (χ0n) is 15.2. The molecule has 0 aliphatic carbocycles. The summed E-state index contributed by atoms with van der Waals surface area (Å²) in [6.45, 7) is 3.93. The Balaban J connectivity index is 1.73. The van der Waals surface area contributed by atoms with Crippen LogP contribution in [0, 0.1) is 24.0 Å². The van der Waals surface area contributed by atoms with Crippen LogP contribution in [0.1, 0.15) is 21.7 Å². The topological polar surface area (TPSA) is 97.4 Å². The molecule has 142 valence electrons. The second-order valence-electron chi connectivity index (χ2n) is 6.09. The van der Waals surface area contributed by atoms with Crippen LogP contribution in [0.15, 0.2) is 59.0 Å². The number of hydrogen-bond acceptors (Lipinski definition) is 5. The standard InChI is InChI=1S/C20H17N3O4S/c1-12-6-5-8-15(13(12)2)21-20(28)22-19(24)18-11-10-17(27-18)14-7-3-4-9-16(14)23(25)26/h3-11H,1-2H3,(H2,21,22,24,28). The maximum Gasteiger partial charge on any atom is 0.293 e. The van der Waals surface area contributed by atoms with Crippen molar-refractivity contribution in [3.05, 3.63) is 81.6 Å². The average molecular weight is 395 g/mol. The van der Waals surface area contributed by atoms with E-state index in [1.165, 1.54) is 18.2 Å². The first-order chi connectivity index (χ1) is 13.4. The Bertz CT molecular complexity index is 1070. The number of hydrogen-bond donors (Lipinski definition) is 2. The van der Waals surface area contributed by atoms with Gasteiger partial charge in [-0.1, -0.05) is 24.3 Å². The van der Waals surface area contributed by atoms with Gasteiger partial charge in [-0.3, -0.25) is 20.2 Å². The maximum atomic E-state index is 12.4. The number of nitro groups is 1. The molecule has 1 aromatic heterocycles. The summed E-state index contributed by atoms with van der Waals surface area (Å²) in [6, 6.07) is 14.9. The molecule has 0 saturated carbocycles. The minimum Gasteiger partial charge on any atom is -0.451 e. The van der Waals surface area contributed by atoms with E-state index in [9.17, 15) is 14.9 Å². The second kappa shape index (κ2) is 8.01. The number of carbonyl (C=O) groups excluding carboxylic acids is 1. The van der Waals surface area contributed by atoms with E-state index >= 15 is 0 Å². The molecule has 0 saturated heterocycles. The zero-order chi connectivity index (χ0) is 20.3. The van der Waals surface area contributed by atoms with Crippen LogP contribution in [0.2, 0.25) is 0 Å². The lowest BCUT2D eigenvalue weighted by atomic mass is 10.1. The van der Waals surface area contributed by atoms with E-state index < -0.39 is 10.8 Å². The van der Waals surface area contributed by atoms with Crippen LogP contribution in [-0.2, 0) is 0 Å². The number of nitrogens with one attached hydrogen (secondary N) is 2. The van der Waals surface area contributed by atoms with E-state index in [1.54, 1.807) is 18.2 Å². The molecule has 0 radical (unpaired) electrons. The van der Waals surface area contributed by atoms with Crippen molar-refractivity contribution in [1.82, 2.24) is 5.32 Å². The minimum atomic E-state index is -0.548. The molecule has 28 heavy (non-hydrogen) atoms. The number of benzene rings is 2. The third-order valence-corrected chi connectivity index (χ3v) is 4.48. The molecule has 7 nitrogen and oxygen atoms in total. The monoisotopic (exact) mass is 395 g/mol. The van der Waals surface area contributed by atoms with E-state index in [0.717, 1.165) is 16.8 Å². The van der Waals surface area contributed by atoms with E-state index in [4.69, 9.17) is 16.6 Å². The summed E-state index contributed by atoms with van der Waals surface area (Å²) in [4.78, 5) is 23.1. The van der Waals surface area contributed by atoms with Crippen LogP contribution >= 0.6 is 12.2 Å². The Morgan fingerprint density at radius 3 is 2.57 bits per heavy atom. The average Bonchev–Trinajstić information content (AvgIpc) is 3.15. The Morgan fingerprint density at radius 2 is 1.82 bits per heavy atom. The molecular formula is C20H17N3O4S. The lowest BCUT2D eigenvalue weighted by Gasteiger charge is -2.12. The summed E-state index contributed by atoms with van der Waals surface area (Å²) < 4.78 is 5.51. The Morgan fingerprint density at radius 1 is 1.07 bits per heavy atom. The fourth-order valence-electron chi connectivity index (χ4n) is 2.65. The van der Waals surface area contributed by atoms with Gasteiger partial charge in [-0.25, -0.2) is 0 Å². The number of para-hydroxylation sites is 1. The van der Waals surface area contributed by atoms with Crippen molar-refractivity contribution in [1.29, 1.82) is 0 Å². The van der Waals surface area contributed by atoms with Crippen molar-refractivity contribution in [2.75, 3.05) is 5.32 Å². The van der Waals surface area contributed by atoms with Gasteiger partial charge in [0.15, 0.2) is 10.9 Å². The van der Waals surface area contributed by atoms with Gasteiger partial charge >= 0.3 is 0 Å². The van der Waals surface area contributed by atoms with Gasteiger partial charge in [0.25, 0.3) is 11.6 Å². The van der Waals surface area contributed by atoms with Crippen LogP contribution < -0.4 is 10.6 Å². The zero-order valence-corrected chi connectivity index (χ0v) is 16.0. The predicted molar refractivity (Wildman–Crippen MR) is 110 cm³/mol. The van der Waals surface area contributed by atoms with Crippen LogP contribution in [0.5, 0.6) is 0 Å². The van der Waals surface area contributed by atoms with E-state index in [2.05, 4.69) is 10.6 Å². The van der Waals surface area contributed by atoms with Crippen molar-refractivity contribution in [2.24, 2.45) is 0 Å². The number of aryl methyl sites for hydroxylation is 1. The Labute approximate surface area is 166 Å². The normalized spacial score (nSPS) is 10.4. The van der Waals surface area contributed by atoms with E-state index in [-0.39, 0.29) is 22.3 Å². The van der Waals surface area contributed by atoms with Gasteiger partial charge in [0.05, 0.1) is 10.5 Å². The number of amides is 1. The lowest BCUT2D eigenvalue weighted by Crippen LogP contribution is -2.34. The number of rotatable bonds is 4. The largest absolute Gasteiger partial charge is 0.451 e. The molecule has 2 aromatic carbocycles. The third kappa shape index (κ3) is 4.07. The Kier molecular flexibility index (Phi) is 5.51. The second-order valence-corrected chi connectivity index (χ2v) is 6.50. The first-order valence-electron chi connectivity index (χ1n) is 8.39. The van der Waals surface area contributed by atoms with Gasteiger partial charge < -0.3 is 9.73 Å². The SMILES string of the molecule is Cc1cccc(NC(=S)NC(=O)c2ccc(-c3ccccc3[N+](=O)[O-])o2)c1C. The lowest BCUT2D eigenvalue weighted by molar-refractivity contribution is -0.384. The quantitative estimate of drug-likeness (QED) is 0.381. The summed E-state index contributed by atoms with van der Waals surface area (Å²) in [6.07, 6.45) is 0. The van der Waals surface area contributed by atoms with Crippen LogP contribution in [-0.4, -0.2) is 15.9 Å². The maximum absolute atomic E-state index is 12.4. The molecular weight excluding hydrogens is 378 g/mol. The number of nitrogens with zero attached hydrogens (tertiary/aromatic N) is 1. The van der Waals surface area contributed by atoms with Crippen molar-refractivity contribution < 1.29 is 14.1 Å². The first-order valence-corrected chi connectivity index (χ1v) is 8.80. The molecule has 0 bridgehead atoms. The fraction of sp³-hybridized carbons (Fsp3) is 0.100. The molecule has 1 amide bonds. The molecule has 0 unspecified atom stereocenters. The summed E-state index contributed by atoms with van der Waals surface area (Å²) in [5, 5.41) is 16.8. The molecule has 0 fully saturated rings. The highest BCUT2D eigenvalue weighted by molar-refractivity contribution is 7.80. The number of nitro benzene ring substituents is 1. The van der Waals surface area contributed by atoms with Crippen LogP contribution in [0.3, 0.4) is 0 Å². The van der Waals surface area contributed by atoms with Crippen molar-refractivity contribution in [2.45, 2.75) is 13.8 Å². The highest BCUT2D eigenvalue weighted by Gasteiger charge is 2.19. The predicted octanol–water partition coefficient (Wildman–Crippen LogP) is 4.60. The number of carbonyl (C=O) groups is 1. The highest BCUT2D eigenvalue weighted by atomic mass is 32.1. The number of anilines is 1. The van der Waals surface area contributed by atoms with Crippen molar-refractivity contribution in [3.8, 4) is 11.3 Å². The molecule has 0 atom stereocenters. The van der Waals surface area contributed by atoms with Crippen molar-refractivity contribution in [3.63, 3.8) is 0 Å². The van der Waals surface area contributed by atoms with Gasteiger partial charge in [0, 0.05) is 11.8 Å². The summed E-state index contributed by atoms with van der Waals surface area (Å²) >= 11 is 5.20. The summed E-state index contributed by atoms with van der Waals surface area (Å²) in [5.74, 6) is -0.322. The molecule has 0 spiro atoms. The Hall–Kier alpha value is -3.52. The van der Waals surface area contributed by atoms with Crippen LogP contribution in [0.25, 0.3) is 11.3 Å². The van der Waals surface area contributed by atoms with Crippen molar-refractivity contribution >= 4 is 34.6 Å². The fourth-order valence-corrected chi connectivity index (χ4v) is 2.85. The molecule has 3 aromatic rings. The summed E-state index contributed by atoms with van der Waals surface area (Å²) in [7, 11) is 0. The molecule has 3 rings (SSSR count). The number of thiocarbonyl (C=S) groups is 1. The third-order valence-electron chi connectivity index (χ3n) is 4.28. The van der Waals surface area contributed by atoms with Gasteiger partial charge in [-0.2, -0.15) is 0 Å².